The summed E-state index contributed by atoms with van der Waals surface area (Å²) in [5, 5.41) is 3.38. The lowest BCUT2D eigenvalue weighted by atomic mass is 9.88. The fourth-order valence-corrected chi connectivity index (χ4v) is 4.41. The highest BCUT2D eigenvalue weighted by Gasteiger charge is 2.39. The molecule has 0 spiro atoms. The smallest absolute Gasteiger partial charge is 0.0230 e. The highest BCUT2D eigenvalue weighted by molar-refractivity contribution is 5.22. The summed E-state index contributed by atoms with van der Waals surface area (Å²) in [6.07, 6.45) is 6.04. The molecule has 0 aliphatic heterocycles. The minimum atomic E-state index is 0.974. The molecule has 0 aromatic heterocycles. The van der Waals surface area contributed by atoms with Gasteiger partial charge < -0.3 is 10.2 Å². The van der Waals surface area contributed by atoms with Crippen LogP contribution in [-0.4, -0.2) is 25.0 Å². The van der Waals surface area contributed by atoms with Crippen LogP contribution in [0.5, 0.6) is 0 Å². The van der Waals surface area contributed by atoms with E-state index in [2.05, 4.69) is 48.5 Å². The van der Waals surface area contributed by atoms with E-state index in [1.165, 1.54) is 43.4 Å². The summed E-state index contributed by atoms with van der Waals surface area (Å²) in [5.74, 6) is 3.08. The van der Waals surface area contributed by atoms with Crippen molar-refractivity contribution in [3.8, 4) is 0 Å². The summed E-state index contributed by atoms with van der Waals surface area (Å²) in [7, 11) is 2.29. The van der Waals surface area contributed by atoms with Gasteiger partial charge in [0.25, 0.3) is 0 Å². The van der Waals surface area contributed by atoms with Crippen molar-refractivity contribution in [3.05, 3.63) is 35.4 Å². The van der Waals surface area contributed by atoms with Gasteiger partial charge in [0.05, 0.1) is 0 Å². The van der Waals surface area contributed by atoms with Gasteiger partial charge in [-0.1, -0.05) is 37.6 Å². The average Bonchev–Trinajstić information content (AvgIpc) is 3.09. The van der Waals surface area contributed by atoms with Crippen LogP contribution in [0.4, 0.5) is 0 Å². The van der Waals surface area contributed by atoms with E-state index in [-0.39, 0.29) is 0 Å². The fraction of sp³-hybridized carbons (Fsp3) is 0.684. The Labute approximate surface area is 129 Å². The lowest BCUT2D eigenvalue weighted by molar-refractivity contribution is 0.214. The van der Waals surface area contributed by atoms with Crippen molar-refractivity contribution in [1.82, 2.24) is 10.2 Å². The van der Waals surface area contributed by atoms with Gasteiger partial charge in [0.15, 0.2) is 0 Å². The van der Waals surface area contributed by atoms with Gasteiger partial charge in [0.2, 0.25) is 0 Å². The van der Waals surface area contributed by atoms with Crippen molar-refractivity contribution < 1.29 is 0 Å². The third kappa shape index (κ3) is 3.87. The maximum absolute atomic E-state index is 3.38. The molecule has 116 valence electrons. The Balaban J connectivity index is 1.47. The van der Waals surface area contributed by atoms with Crippen molar-refractivity contribution in [3.63, 3.8) is 0 Å². The van der Waals surface area contributed by atoms with Crippen LogP contribution >= 0.6 is 0 Å². The van der Waals surface area contributed by atoms with E-state index in [9.17, 15) is 0 Å². The topological polar surface area (TPSA) is 15.3 Å². The molecule has 0 saturated heterocycles. The molecule has 21 heavy (non-hydrogen) atoms. The Bertz CT molecular complexity index is 439. The number of nitrogens with one attached hydrogen (secondary N) is 1. The van der Waals surface area contributed by atoms with Gasteiger partial charge in [-0.05, 0) is 61.7 Å². The van der Waals surface area contributed by atoms with Crippen molar-refractivity contribution in [2.24, 2.45) is 17.8 Å². The van der Waals surface area contributed by atoms with E-state index in [1.54, 1.807) is 0 Å². The first kappa shape index (κ1) is 15.1. The van der Waals surface area contributed by atoms with Crippen LogP contribution in [0.25, 0.3) is 0 Å². The van der Waals surface area contributed by atoms with Gasteiger partial charge in [0, 0.05) is 19.6 Å². The number of nitrogens with zero attached hydrogens (tertiary/aromatic N) is 1. The second kappa shape index (κ2) is 6.93. The predicted octanol–water partition coefficient (Wildman–Crippen LogP) is 3.66. The van der Waals surface area contributed by atoms with E-state index < -0.39 is 0 Å². The first-order chi connectivity index (χ1) is 10.2. The van der Waals surface area contributed by atoms with Crippen LogP contribution in [0, 0.1) is 17.8 Å². The number of hydrogen-bond acceptors (Lipinski definition) is 2. The summed E-state index contributed by atoms with van der Waals surface area (Å²) >= 11 is 0. The molecule has 0 radical (unpaired) electrons. The maximum Gasteiger partial charge on any atom is 0.0230 e. The maximum atomic E-state index is 3.38. The van der Waals surface area contributed by atoms with E-state index in [0.29, 0.717) is 0 Å². The van der Waals surface area contributed by atoms with E-state index in [0.717, 1.165) is 37.4 Å². The Morgan fingerprint density at radius 1 is 1.10 bits per heavy atom. The monoisotopic (exact) mass is 286 g/mol. The molecule has 3 unspecified atom stereocenters. The van der Waals surface area contributed by atoms with E-state index in [1.807, 2.05) is 0 Å². The summed E-state index contributed by atoms with van der Waals surface area (Å²) in [5.41, 5.74) is 2.83. The lowest BCUT2D eigenvalue weighted by Crippen LogP contribution is -2.28. The van der Waals surface area contributed by atoms with Crippen molar-refractivity contribution in [2.75, 3.05) is 20.1 Å². The standard InChI is InChI=1S/C19H30N2/c1-3-20-12-15-4-6-16(7-5-15)13-21(2)14-19-11-17-8-9-18(19)10-17/h4-7,17-20H,3,8-14H2,1-2H3. The molecule has 3 atom stereocenters. The predicted molar refractivity (Wildman–Crippen MR) is 89.1 cm³/mol. The molecular weight excluding hydrogens is 256 g/mol. The van der Waals surface area contributed by atoms with Gasteiger partial charge in [0.1, 0.15) is 0 Å². The van der Waals surface area contributed by atoms with E-state index >= 15 is 0 Å². The summed E-state index contributed by atoms with van der Waals surface area (Å²) in [6.45, 7) is 6.56. The Morgan fingerprint density at radius 2 is 1.86 bits per heavy atom. The lowest BCUT2D eigenvalue weighted by Gasteiger charge is -2.27. The SMILES string of the molecule is CCNCc1ccc(CN(C)CC2CC3CCC2C3)cc1. The van der Waals surface area contributed by atoms with Gasteiger partial charge in [-0.2, -0.15) is 0 Å². The van der Waals surface area contributed by atoms with Crippen LogP contribution in [0.15, 0.2) is 24.3 Å². The molecule has 1 N–H and O–H groups in total. The average molecular weight is 286 g/mol. The zero-order valence-corrected chi connectivity index (χ0v) is 13.6. The van der Waals surface area contributed by atoms with Crippen molar-refractivity contribution in [2.45, 2.75) is 45.7 Å². The van der Waals surface area contributed by atoms with Gasteiger partial charge in [-0.3, -0.25) is 0 Å². The third-order valence-corrected chi connectivity index (χ3v) is 5.49. The molecule has 2 fully saturated rings. The molecule has 2 saturated carbocycles. The zero-order chi connectivity index (χ0) is 14.7. The van der Waals surface area contributed by atoms with Crippen LogP contribution < -0.4 is 5.32 Å². The second-order valence-corrected chi connectivity index (χ2v) is 7.23. The molecule has 2 nitrogen and oxygen atoms in total. The molecule has 1 aromatic carbocycles. The first-order valence-electron chi connectivity index (χ1n) is 8.71. The van der Waals surface area contributed by atoms with Gasteiger partial charge in [-0.25, -0.2) is 0 Å². The molecule has 0 amide bonds. The highest BCUT2D eigenvalue weighted by Crippen LogP contribution is 2.48. The molecular formula is C19H30N2. The first-order valence-corrected chi connectivity index (χ1v) is 8.71. The van der Waals surface area contributed by atoms with Gasteiger partial charge in [-0.15, -0.1) is 0 Å². The quantitative estimate of drug-likeness (QED) is 0.823. The summed E-state index contributed by atoms with van der Waals surface area (Å²) < 4.78 is 0. The molecule has 2 bridgehead atoms. The van der Waals surface area contributed by atoms with Crippen LogP contribution in [0.2, 0.25) is 0 Å². The largest absolute Gasteiger partial charge is 0.313 e. The fourth-order valence-electron chi connectivity index (χ4n) is 4.41. The number of rotatable bonds is 7. The Kier molecular flexibility index (Phi) is 4.97. The number of benzene rings is 1. The minimum absolute atomic E-state index is 0.974. The summed E-state index contributed by atoms with van der Waals surface area (Å²) in [4.78, 5) is 2.53. The number of fused-ring (bicyclic) bond motifs is 2. The van der Waals surface area contributed by atoms with Crippen molar-refractivity contribution >= 4 is 0 Å². The zero-order valence-electron chi connectivity index (χ0n) is 13.6. The highest BCUT2D eigenvalue weighted by atomic mass is 15.1. The Hall–Kier alpha value is -0.860. The van der Waals surface area contributed by atoms with Crippen LogP contribution in [0.3, 0.4) is 0 Å². The molecule has 2 heteroatoms. The Morgan fingerprint density at radius 3 is 2.48 bits per heavy atom. The molecule has 1 aromatic rings. The van der Waals surface area contributed by atoms with Gasteiger partial charge >= 0.3 is 0 Å². The molecule has 2 aliphatic rings. The summed E-state index contributed by atoms with van der Waals surface area (Å²) in [6, 6.07) is 9.13. The van der Waals surface area contributed by atoms with Crippen molar-refractivity contribution in [1.29, 1.82) is 0 Å². The van der Waals surface area contributed by atoms with Crippen LogP contribution in [-0.2, 0) is 13.1 Å². The minimum Gasteiger partial charge on any atom is -0.313 e. The second-order valence-electron chi connectivity index (χ2n) is 7.23. The van der Waals surface area contributed by atoms with E-state index in [4.69, 9.17) is 0 Å². The van der Waals surface area contributed by atoms with Crippen LogP contribution in [0.1, 0.15) is 43.7 Å². The number of hydrogen-bond donors (Lipinski definition) is 1. The normalized spacial score (nSPS) is 27.7. The molecule has 0 heterocycles. The third-order valence-electron chi connectivity index (χ3n) is 5.49. The molecule has 3 rings (SSSR count). The molecule has 2 aliphatic carbocycles.